The second kappa shape index (κ2) is 5.21. The molecule has 0 bridgehead atoms. The summed E-state index contributed by atoms with van der Waals surface area (Å²) >= 11 is 0. The summed E-state index contributed by atoms with van der Waals surface area (Å²) in [6.07, 6.45) is -0.563. The highest BCUT2D eigenvalue weighted by atomic mass is 16.5. The van der Waals surface area contributed by atoms with Gasteiger partial charge in [-0.15, -0.1) is 0 Å². The number of ether oxygens (including phenoxy) is 2. The molecule has 0 aromatic heterocycles. The molecule has 0 unspecified atom stereocenters. The Balaban J connectivity index is 2.24. The van der Waals surface area contributed by atoms with Crippen molar-refractivity contribution >= 4 is 5.97 Å². The fourth-order valence-corrected chi connectivity index (χ4v) is 2.50. The third kappa shape index (κ3) is 2.73. The molecule has 4 nitrogen and oxygen atoms in total. The summed E-state index contributed by atoms with van der Waals surface area (Å²) in [6, 6.07) is 7.70. The SMILES string of the molecule is CCOC(=O)[C@@H](O)[C@H]1Cc2ccccc2OC1(C)C. The van der Waals surface area contributed by atoms with Crippen LogP contribution < -0.4 is 4.74 Å². The highest BCUT2D eigenvalue weighted by Gasteiger charge is 2.44. The molecule has 1 heterocycles. The number of fused-ring (bicyclic) bond motifs is 1. The van der Waals surface area contributed by atoms with Crippen LogP contribution >= 0.6 is 0 Å². The van der Waals surface area contributed by atoms with E-state index in [-0.39, 0.29) is 12.5 Å². The summed E-state index contributed by atoms with van der Waals surface area (Å²) in [6.45, 7) is 5.76. The van der Waals surface area contributed by atoms with Crippen LogP contribution in [0.2, 0.25) is 0 Å². The van der Waals surface area contributed by atoms with E-state index in [2.05, 4.69) is 0 Å². The summed E-state index contributed by atoms with van der Waals surface area (Å²) in [5.41, 5.74) is 0.399. The van der Waals surface area contributed by atoms with Crippen LogP contribution in [-0.4, -0.2) is 29.4 Å². The van der Waals surface area contributed by atoms with E-state index in [0.29, 0.717) is 6.42 Å². The van der Waals surface area contributed by atoms with E-state index in [0.717, 1.165) is 11.3 Å². The number of benzene rings is 1. The van der Waals surface area contributed by atoms with E-state index >= 15 is 0 Å². The van der Waals surface area contributed by atoms with E-state index < -0.39 is 17.7 Å². The summed E-state index contributed by atoms with van der Waals surface area (Å²) in [5.74, 6) is -0.0789. The minimum absolute atomic E-state index is 0.264. The molecular formula is C15H20O4. The van der Waals surface area contributed by atoms with Crippen LogP contribution in [0.1, 0.15) is 26.3 Å². The van der Waals surface area contributed by atoms with Crippen LogP contribution in [0.5, 0.6) is 5.75 Å². The zero-order valence-electron chi connectivity index (χ0n) is 11.6. The number of para-hydroxylation sites is 1. The Hall–Kier alpha value is -1.55. The fraction of sp³-hybridized carbons (Fsp3) is 0.533. The number of rotatable bonds is 3. The zero-order valence-corrected chi connectivity index (χ0v) is 11.6. The van der Waals surface area contributed by atoms with E-state index in [1.165, 1.54) is 0 Å². The lowest BCUT2D eigenvalue weighted by Crippen LogP contribution is -2.50. The Kier molecular flexibility index (Phi) is 3.80. The van der Waals surface area contributed by atoms with Gasteiger partial charge in [-0.25, -0.2) is 4.79 Å². The molecule has 1 N–H and O–H groups in total. The molecule has 0 saturated heterocycles. The fourth-order valence-electron chi connectivity index (χ4n) is 2.50. The second-order valence-electron chi connectivity index (χ2n) is 5.32. The van der Waals surface area contributed by atoms with E-state index in [4.69, 9.17) is 9.47 Å². The lowest BCUT2D eigenvalue weighted by molar-refractivity contribution is -0.161. The van der Waals surface area contributed by atoms with Gasteiger partial charge in [0, 0.05) is 5.92 Å². The summed E-state index contributed by atoms with van der Waals surface area (Å²) in [7, 11) is 0. The number of hydrogen-bond donors (Lipinski definition) is 1. The summed E-state index contributed by atoms with van der Waals surface area (Å²) in [4.78, 5) is 11.7. The van der Waals surface area contributed by atoms with Crippen molar-refractivity contribution in [3.63, 3.8) is 0 Å². The quantitative estimate of drug-likeness (QED) is 0.848. The Labute approximate surface area is 113 Å². The van der Waals surface area contributed by atoms with Gasteiger partial charge in [-0.2, -0.15) is 0 Å². The predicted molar refractivity (Wildman–Crippen MR) is 71.0 cm³/mol. The summed E-state index contributed by atoms with van der Waals surface area (Å²) < 4.78 is 10.8. The van der Waals surface area contributed by atoms with Gasteiger partial charge >= 0.3 is 5.97 Å². The molecule has 2 rings (SSSR count). The highest BCUT2D eigenvalue weighted by molar-refractivity contribution is 5.75. The molecule has 0 radical (unpaired) electrons. The number of carbonyl (C=O) groups excluding carboxylic acids is 1. The van der Waals surface area contributed by atoms with Gasteiger partial charge in [0.05, 0.1) is 6.61 Å². The lowest BCUT2D eigenvalue weighted by atomic mass is 9.79. The van der Waals surface area contributed by atoms with Crippen LogP contribution in [0.25, 0.3) is 0 Å². The normalized spacial score (nSPS) is 22.0. The van der Waals surface area contributed by atoms with Crippen LogP contribution in [0.3, 0.4) is 0 Å². The number of esters is 1. The minimum Gasteiger partial charge on any atom is -0.487 e. The smallest absolute Gasteiger partial charge is 0.335 e. The maximum absolute atomic E-state index is 11.7. The van der Waals surface area contributed by atoms with E-state index in [1.807, 2.05) is 38.1 Å². The first-order valence-electron chi connectivity index (χ1n) is 6.57. The van der Waals surface area contributed by atoms with Gasteiger partial charge in [-0.05, 0) is 38.8 Å². The van der Waals surface area contributed by atoms with Crippen molar-refractivity contribution in [3.8, 4) is 5.75 Å². The van der Waals surface area contributed by atoms with Crippen molar-refractivity contribution in [2.45, 2.75) is 38.9 Å². The summed E-state index contributed by atoms with van der Waals surface area (Å²) in [5, 5.41) is 10.2. The van der Waals surface area contributed by atoms with Gasteiger partial charge in [0.2, 0.25) is 0 Å². The molecule has 1 aliphatic heterocycles. The van der Waals surface area contributed by atoms with Crippen molar-refractivity contribution in [3.05, 3.63) is 29.8 Å². The van der Waals surface area contributed by atoms with Gasteiger partial charge in [0.15, 0.2) is 6.10 Å². The molecule has 0 spiro atoms. The standard InChI is InChI=1S/C15H20O4/c1-4-18-14(17)13(16)11-9-10-7-5-6-8-12(10)19-15(11,2)3/h5-8,11,13,16H,4,9H2,1-3H3/t11-,13+/m1/s1. The number of aliphatic hydroxyl groups excluding tert-OH is 1. The molecule has 19 heavy (non-hydrogen) atoms. The average molecular weight is 264 g/mol. The van der Waals surface area contributed by atoms with Gasteiger partial charge in [0.1, 0.15) is 11.4 Å². The third-order valence-corrected chi connectivity index (χ3v) is 3.59. The van der Waals surface area contributed by atoms with E-state index in [1.54, 1.807) is 6.92 Å². The first kappa shape index (κ1) is 13.9. The van der Waals surface area contributed by atoms with Crippen LogP contribution in [0, 0.1) is 5.92 Å². The first-order valence-corrected chi connectivity index (χ1v) is 6.57. The van der Waals surface area contributed by atoms with Crippen molar-refractivity contribution in [2.24, 2.45) is 5.92 Å². The van der Waals surface area contributed by atoms with Crippen molar-refractivity contribution in [1.29, 1.82) is 0 Å². The third-order valence-electron chi connectivity index (χ3n) is 3.59. The topological polar surface area (TPSA) is 55.8 Å². The molecule has 1 aromatic rings. The Morgan fingerprint density at radius 1 is 1.53 bits per heavy atom. The highest BCUT2D eigenvalue weighted by Crippen LogP contribution is 2.38. The molecule has 0 amide bonds. The predicted octanol–water partition coefficient (Wildman–Crippen LogP) is 1.94. The first-order chi connectivity index (χ1) is 8.95. The molecule has 0 aliphatic carbocycles. The van der Waals surface area contributed by atoms with Gasteiger partial charge in [-0.3, -0.25) is 0 Å². The number of aliphatic hydroxyl groups is 1. The lowest BCUT2D eigenvalue weighted by Gasteiger charge is -2.41. The average Bonchev–Trinajstić information content (AvgIpc) is 2.36. The monoisotopic (exact) mass is 264 g/mol. The molecule has 104 valence electrons. The van der Waals surface area contributed by atoms with Gasteiger partial charge in [-0.1, -0.05) is 18.2 Å². The van der Waals surface area contributed by atoms with Gasteiger partial charge < -0.3 is 14.6 Å². The van der Waals surface area contributed by atoms with Crippen molar-refractivity contribution in [2.75, 3.05) is 6.61 Å². The molecule has 1 aromatic carbocycles. The van der Waals surface area contributed by atoms with E-state index in [9.17, 15) is 9.90 Å². The maximum Gasteiger partial charge on any atom is 0.335 e. The largest absolute Gasteiger partial charge is 0.487 e. The molecule has 4 heteroatoms. The van der Waals surface area contributed by atoms with Crippen LogP contribution in [0.4, 0.5) is 0 Å². The molecule has 0 fully saturated rings. The van der Waals surface area contributed by atoms with Crippen molar-refractivity contribution < 1.29 is 19.4 Å². The minimum atomic E-state index is -1.16. The van der Waals surface area contributed by atoms with Crippen LogP contribution in [-0.2, 0) is 16.0 Å². The zero-order chi connectivity index (χ0) is 14.0. The van der Waals surface area contributed by atoms with Crippen LogP contribution in [0.15, 0.2) is 24.3 Å². The number of carbonyl (C=O) groups is 1. The molecule has 0 saturated carbocycles. The Bertz CT molecular complexity index is 467. The maximum atomic E-state index is 11.7. The molecular weight excluding hydrogens is 244 g/mol. The molecule has 2 atom stereocenters. The van der Waals surface area contributed by atoms with Crippen molar-refractivity contribution in [1.82, 2.24) is 0 Å². The second-order valence-corrected chi connectivity index (χ2v) is 5.32. The number of hydrogen-bond acceptors (Lipinski definition) is 4. The Morgan fingerprint density at radius 2 is 2.21 bits per heavy atom. The Morgan fingerprint density at radius 3 is 2.89 bits per heavy atom. The van der Waals surface area contributed by atoms with Gasteiger partial charge in [0.25, 0.3) is 0 Å². The molecule has 1 aliphatic rings.